The van der Waals surface area contributed by atoms with Gasteiger partial charge in [-0.3, -0.25) is 4.79 Å². The summed E-state index contributed by atoms with van der Waals surface area (Å²) in [7, 11) is 0. The standard InChI is InChI=1S/C16H22N4O/c1-3-14-18-15(11-16(21)19-14)20(10-4-9-17)13-7-5-12(2)6-8-13/h5-8,11H,3-4,9-10,17H2,1-2H3,(H,18,19,21). The van der Waals surface area contributed by atoms with Crippen LogP contribution in [-0.4, -0.2) is 23.1 Å². The van der Waals surface area contributed by atoms with Crippen LogP contribution in [0.4, 0.5) is 11.5 Å². The van der Waals surface area contributed by atoms with E-state index in [0.717, 1.165) is 18.7 Å². The molecule has 0 radical (unpaired) electrons. The normalized spacial score (nSPS) is 10.6. The van der Waals surface area contributed by atoms with Crippen molar-refractivity contribution in [2.24, 2.45) is 5.73 Å². The molecule has 0 saturated heterocycles. The third-order valence-electron chi connectivity index (χ3n) is 3.32. The van der Waals surface area contributed by atoms with E-state index in [9.17, 15) is 4.79 Å². The van der Waals surface area contributed by atoms with Gasteiger partial charge in [0, 0.05) is 24.7 Å². The van der Waals surface area contributed by atoms with Crippen LogP contribution in [0.1, 0.15) is 24.7 Å². The van der Waals surface area contributed by atoms with E-state index in [0.29, 0.717) is 24.6 Å². The summed E-state index contributed by atoms with van der Waals surface area (Å²) in [5.41, 5.74) is 7.73. The molecule has 1 aromatic heterocycles. The molecule has 0 fully saturated rings. The van der Waals surface area contributed by atoms with Gasteiger partial charge < -0.3 is 15.6 Å². The van der Waals surface area contributed by atoms with Gasteiger partial charge in [-0.2, -0.15) is 0 Å². The SMILES string of the molecule is CCc1nc(N(CCCN)c2ccc(C)cc2)cc(=O)[nH]1. The summed E-state index contributed by atoms with van der Waals surface area (Å²) in [6.45, 7) is 5.36. The van der Waals surface area contributed by atoms with E-state index in [-0.39, 0.29) is 5.56 Å². The van der Waals surface area contributed by atoms with Gasteiger partial charge in [0.05, 0.1) is 0 Å². The number of nitrogens with two attached hydrogens (primary N) is 1. The Morgan fingerprint density at radius 3 is 2.62 bits per heavy atom. The van der Waals surface area contributed by atoms with E-state index in [4.69, 9.17) is 5.73 Å². The van der Waals surface area contributed by atoms with Gasteiger partial charge in [-0.05, 0) is 32.0 Å². The number of aromatic amines is 1. The van der Waals surface area contributed by atoms with Gasteiger partial charge in [-0.15, -0.1) is 0 Å². The Bertz CT molecular complexity index is 633. The second kappa shape index (κ2) is 7.04. The lowest BCUT2D eigenvalue weighted by molar-refractivity contribution is 0.799. The first-order chi connectivity index (χ1) is 10.1. The summed E-state index contributed by atoms with van der Waals surface area (Å²) in [4.78, 5) is 21.1. The molecule has 21 heavy (non-hydrogen) atoms. The highest BCUT2D eigenvalue weighted by molar-refractivity contribution is 5.60. The molecule has 0 aliphatic carbocycles. The number of H-pyrrole nitrogens is 1. The number of aromatic nitrogens is 2. The first-order valence-electron chi connectivity index (χ1n) is 7.28. The molecule has 5 heteroatoms. The van der Waals surface area contributed by atoms with Crippen molar-refractivity contribution >= 4 is 11.5 Å². The fraction of sp³-hybridized carbons (Fsp3) is 0.375. The second-order valence-corrected chi connectivity index (χ2v) is 5.03. The Morgan fingerprint density at radius 2 is 2.00 bits per heavy atom. The summed E-state index contributed by atoms with van der Waals surface area (Å²) >= 11 is 0. The number of aryl methyl sites for hydroxylation is 2. The van der Waals surface area contributed by atoms with Crippen molar-refractivity contribution in [3.63, 3.8) is 0 Å². The van der Waals surface area contributed by atoms with Crippen molar-refractivity contribution in [3.05, 3.63) is 52.1 Å². The van der Waals surface area contributed by atoms with Crippen molar-refractivity contribution in [2.75, 3.05) is 18.0 Å². The minimum absolute atomic E-state index is 0.123. The minimum Gasteiger partial charge on any atom is -0.330 e. The number of hydrogen-bond donors (Lipinski definition) is 2. The number of rotatable bonds is 6. The van der Waals surface area contributed by atoms with Crippen LogP contribution in [0.5, 0.6) is 0 Å². The third-order valence-corrected chi connectivity index (χ3v) is 3.32. The molecule has 0 aliphatic rings. The molecule has 0 unspecified atom stereocenters. The smallest absolute Gasteiger partial charge is 0.252 e. The van der Waals surface area contributed by atoms with Gasteiger partial charge >= 0.3 is 0 Å². The lowest BCUT2D eigenvalue weighted by atomic mass is 10.2. The first-order valence-corrected chi connectivity index (χ1v) is 7.28. The van der Waals surface area contributed by atoms with Gasteiger partial charge in [0.25, 0.3) is 5.56 Å². The third kappa shape index (κ3) is 3.92. The fourth-order valence-electron chi connectivity index (χ4n) is 2.15. The molecule has 5 nitrogen and oxygen atoms in total. The van der Waals surface area contributed by atoms with Crippen LogP contribution < -0.4 is 16.2 Å². The van der Waals surface area contributed by atoms with E-state index < -0.39 is 0 Å². The highest BCUT2D eigenvalue weighted by atomic mass is 16.1. The predicted octanol–water partition coefficient (Wildman–Crippen LogP) is 2.13. The zero-order valence-corrected chi connectivity index (χ0v) is 12.6. The maximum atomic E-state index is 11.8. The van der Waals surface area contributed by atoms with E-state index in [2.05, 4.69) is 29.0 Å². The van der Waals surface area contributed by atoms with Crippen molar-refractivity contribution < 1.29 is 0 Å². The molecule has 1 aromatic carbocycles. The maximum Gasteiger partial charge on any atom is 0.252 e. The van der Waals surface area contributed by atoms with E-state index in [1.165, 1.54) is 11.6 Å². The lowest BCUT2D eigenvalue weighted by Crippen LogP contribution is -2.24. The average molecular weight is 286 g/mol. The molecule has 0 atom stereocenters. The molecule has 2 aromatic rings. The van der Waals surface area contributed by atoms with E-state index in [1.807, 2.05) is 24.0 Å². The van der Waals surface area contributed by atoms with E-state index in [1.54, 1.807) is 0 Å². The van der Waals surface area contributed by atoms with E-state index >= 15 is 0 Å². The zero-order valence-electron chi connectivity index (χ0n) is 12.6. The molecule has 112 valence electrons. The lowest BCUT2D eigenvalue weighted by Gasteiger charge is -2.24. The highest BCUT2D eigenvalue weighted by Gasteiger charge is 2.12. The Hall–Kier alpha value is -2.14. The Morgan fingerprint density at radius 1 is 1.29 bits per heavy atom. The van der Waals surface area contributed by atoms with Gasteiger partial charge in [0.15, 0.2) is 0 Å². The molecule has 0 amide bonds. The molecule has 0 bridgehead atoms. The van der Waals surface area contributed by atoms with Crippen LogP contribution in [0, 0.1) is 6.92 Å². The number of nitrogens with one attached hydrogen (secondary N) is 1. The van der Waals surface area contributed by atoms with Gasteiger partial charge in [0.2, 0.25) is 0 Å². The first kappa shape index (κ1) is 15.3. The maximum absolute atomic E-state index is 11.8. The minimum atomic E-state index is -0.123. The number of anilines is 2. The number of hydrogen-bond acceptors (Lipinski definition) is 4. The largest absolute Gasteiger partial charge is 0.330 e. The highest BCUT2D eigenvalue weighted by Crippen LogP contribution is 2.23. The number of nitrogens with zero attached hydrogens (tertiary/aromatic N) is 2. The molecule has 3 N–H and O–H groups in total. The van der Waals surface area contributed by atoms with Crippen molar-refractivity contribution in [3.8, 4) is 0 Å². The number of benzene rings is 1. The molecule has 1 heterocycles. The fourth-order valence-corrected chi connectivity index (χ4v) is 2.15. The van der Waals surface area contributed by atoms with Crippen molar-refractivity contribution in [1.82, 2.24) is 9.97 Å². The summed E-state index contributed by atoms with van der Waals surface area (Å²) in [5.74, 6) is 1.37. The Labute approximate surface area is 124 Å². The quantitative estimate of drug-likeness (QED) is 0.853. The van der Waals surface area contributed by atoms with Crippen LogP contribution in [0.2, 0.25) is 0 Å². The Kier molecular flexibility index (Phi) is 5.11. The van der Waals surface area contributed by atoms with Gasteiger partial charge in [-0.25, -0.2) is 4.98 Å². The zero-order chi connectivity index (χ0) is 15.2. The van der Waals surface area contributed by atoms with Crippen LogP contribution >= 0.6 is 0 Å². The van der Waals surface area contributed by atoms with Crippen LogP contribution in [0.25, 0.3) is 0 Å². The van der Waals surface area contributed by atoms with Crippen LogP contribution in [-0.2, 0) is 6.42 Å². The molecular weight excluding hydrogens is 264 g/mol. The van der Waals surface area contributed by atoms with Crippen LogP contribution in [0.3, 0.4) is 0 Å². The molecule has 0 aliphatic heterocycles. The molecule has 0 saturated carbocycles. The topological polar surface area (TPSA) is 75.0 Å². The monoisotopic (exact) mass is 286 g/mol. The van der Waals surface area contributed by atoms with Gasteiger partial charge in [-0.1, -0.05) is 24.6 Å². The second-order valence-electron chi connectivity index (χ2n) is 5.03. The molecule has 0 spiro atoms. The summed E-state index contributed by atoms with van der Waals surface area (Å²) in [5, 5.41) is 0. The average Bonchev–Trinajstić information content (AvgIpc) is 2.49. The predicted molar refractivity (Wildman–Crippen MR) is 86.1 cm³/mol. The van der Waals surface area contributed by atoms with Crippen molar-refractivity contribution in [1.29, 1.82) is 0 Å². The summed E-state index contributed by atoms with van der Waals surface area (Å²) < 4.78 is 0. The molecular formula is C16H22N4O. The Balaban J connectivity index is 2.42. The molecule has 2 rings (SSSR count). The van der Waals surface area contributed by atoms with Crippen molar-refractivity contribution in [2.45, 2.75) is 26.7 Å². The van der Waals surface area contributed by atoms with Crippen LogP contribution in [0.15, 0.2) is 35.1 Å². The summed E-state index contributed by atoms with van der Waals surface area (Å²) in [6.07, 6.45) is 1.53. The van der Waals surface area contributed by atoms with Gasteiger partial charge in [0.1, 0.15) is 11.6 Å². The summed E-state index contributed by atoms with van der Waals surface area (Å²) in [6, 6.07) is 9.73.